The zero-order valence-electron chi connectivity index (χ0n) is 8.21. The second-order valence-electron chi connectivity index (χ2n) is 2.98. The first-order valence-electron chi connectivity index (χ1n) is 4.28. The largest absolute Gasteiger partial charge is 0.481 e. The van der Waals surface area contributed by atoms with Gasteiger partial charge in [0.05, 0.1) is 12.5 Å². The van der Waals surface area contributed by atoms with Crippen LogP contribution in [0, 0.1) is 5.92 Å². The molecule has 1 N–H and O–H groups in total. The number of rotatable bonds is 7. The first-order chi connectivity index (χ1) is 6.83. The third-order valence-electron chi connectivity index (χ3n) is 1.43. The van der Waals surface area contributed by atoms with E-state index in [4.69, 9.17) is 5.11 Å². The van der Waals surface area contributed by atoms with Gasteiger partial charge in [0.1, 0.15) is 6.61 Å². The lowest BCUT2D eigenvalue weighted by Crippen LogP contribution is -2.18. The van der Waals surface area contributed by atoms with E-state index in [0.29, 0.717) is 11.5 Å². The van der Waals surface area contributed by atoms with Gasteiger partial charge in [-0.05, 0) is 0 Å². The molecule has 0 bridgehead atoms. The van der Waals surface area contributed by atoms with Crippen molar-refractivity contribution in [3.8, 4) is 0 Å². The Morgan fingerprint density at radius 1 is 1.53 bits per heavy atom. The number of halogens is 3. The predicted molar refractivity (Wildman–Crippen MR) is 51.0 cm³/mol. The van der Waals surface area contributed by atoms with Gasteiger partial charge in [-0.15, -0.1) is 0 Å². The number of carbonyl (C=O) groups is 1. The van der Waals surface area contributed by atoms with Crippen molar-refractivity contribution in [1.29, 1.82) is 0 Å². The van der Waals surface area contributed by atoms with E-state index in [0.717, 1.165) is 0 Å². The van der Waals surface area contributed by atoms with Gasteiger partial charge in [-0.2, -0.15) is 24.9 Å². The molecule has 1 atom stereocenters. The Morgan fingerprint density at radius 2 is 2.13 bits per heavy atom. The summed E-state index contributed by atoms with van der Waals surface area (Å²) in [4.78, 5) is 10.4. The zero-order valence-corrected chi connectivity index (χ0v) is 9.03. The van der Waals surface area contributed by atoms with Gasteiger partial charge in [0, 0.05) is 11.5 Å². The van der Waals surface area contributed by atoms with Crippen LogP contribution in [0.5, 0.6) is 0 Å². The van der Waals surface area contributed by atoms with Gasteiger partial charge in [0.15, 0.2) is 0 Å². The highest BCUT2D eigenvalue weighted by molar-refractivity contribution is 7.99. The molecule has 15 heavy (non-hydrogen) atoms. The molecule has 0 radical (unpaired) electrons. The van der Waals surface area contributed by atoms with E-state index in [2.05, 4.69) is 4.74 Å². The third-order valence-corrected chi connectivity index (χ3v) is 2.62. The molecule has 0 spiro atoms. The van der Waals surface area contributed by atoms with Gasteiger partial charge >= 0.3 is 12.1 Å². The second kappa shape index (κ2) is 6.95. The summed E-state index contributed by atoms with van der Waals surface area (Å²) in [5.74, 6) is -0.644. The van der Waals surface area contributed by atoms with Gasteiger partial charge < -0.3 is 9.84 Å². The molecular weight excluding hydrogens is 233 g/mol. The number of ether oxygens (including phenoxy) is 1. The molecular formula is C8H13F3O3S. The van der Waals surface area contributed by atoms with Gasteiger partial charge in [-0.3, -0.25) is 4.79 Å². The number of alkyl halides is 3. The van der Waals surface area contributed by atoms with Crippen molar-refractivity contribution in [2.75, 3.05) is 24.7 Å². The van der Waals surface area contributed by atoms with Crippen LogP contribution >= 0.6 is 11.8 Å². The number of thioether (sulfide) groups is 1. The summed E-state index contributed by atoms with van der Waals surface area (Å²) in [6.45, 7) is 0.282. The van der Waals surface area contributed by atoms with Crippen LogP contribution < -0.4 is 0 Å². The minimum Gasteiger partial charge on any atom is -0.481 e. The monoisotopic (exact) mass is 246 g/mol. The van der Waals surface area contributed by atoms with Crippen LogP contribution in [-0.2, 0) is 9.53 Å². The Labute approximate surface area is 90.0 Å². The Kier molecular flexibility index (Phi) is 6.75. The van der Waals surface area contributed by atoms with Crippen LogP contribution in [0.3, 0.4) is 0 Å². The fourth-order valence-corrected chi connectivity index (χ4v) is 1.54. The lowest BCUT2D eigenvalue weighted by molar-refractivity contribution is -0.172. The summed E-state index contributed by atoms with van der Waals surface area (Å²) in [7, 11) is 0. The molecule has 0 rings (SSSR count). The van der Waals surface area contributed by atoms with Crippen molar-refractivity contribution in [3.05, 3.63) is 0 Å². The topological polar surface area (TPSA) is 46.5 Å². The lowest BCUT2D eigenvalue weighted by Gasteiger charge is -2.08. The normalized spacial score (nSPS) is 13.9. The standard InChI is InChI=1S/C8H13F3O3S/c1-6(7(12)13)4-15-3-2-14-5-8(9,10)11/h6H,2-5H2,1H3,(H,12,13). The maximum absolute atomic E-state index is 11.6. The summed E-state index contributed by atoms with van der Waals surface area (Å²) >= 11 is 1.27. The smallest absolute Gasteiger partial charge is 0.411 e. The molecule has 7 heteroatoms. The van der Waals surface area contributed by atoms with E-state index in [-0.39, 0.29) is 6.61 Å². The Hall–Kier alpha value is -0.430. The lowest BCUT2D eigenvalue weighted by atomic mass is 10.2. The van der Waals surface area contributed by atoms with Gasteiger partial charge in [0.25, 0.3) is 0 Å². The fraction of sp³-hybridized carbons (Fsp3) is 0.875. The average molecular weight is 246 g/mol. The summed E-state index contributed by atoms with van der Waals surface area (Å²) < 4.78 is 39.1. The first kappa shape index (κ1) is 14.6. The molecule has 0 aromatic carbocycles. The second-order valence-corrected chi connectivity index (χ2v) is 4.13. The van der Waals surface area contributed by atoms with Crippen LogP contribution in [-0.4, -0.2) is 42.0 Å². The molecule has 0 aliphatic heterocycles. The molecule has 0 aliphatic rings. The number of aliphatic carboxylic acids is 1. The molecule has 0 heterocycles. The fourth-order valence-electron chi connectivity index (χ4n) is 0.637. The third kappa shape index (κ3) is 9.86. The van der Waals surface area contributed by atoms with Crippen molar-refractivity contribution < 1.29 is 27.8 Å². The molecule has 90 valence electrons. The van der Waals surface area contributed by atoms with Crippen molar-refractivity contribution in [2.24, 2.45) is 5.92 Å². The Bertz CT molecular complexity index is 196. The first-order valence-corrected chi connectivity index (χ1v) is 5.43. The van der Waals surface area contributed by atoms with Crippen LogP contribution in [0.1, 0.15) is 6.92 Å². The SMILES string of the molecule is CC(CSCCOCC(F)(F)F)C(=O)O. The highest BCUT2D eigenvalue weighted by Gasteiger charge is 2.27. The highest BCUT2D eigenvalue weighted by Crippen LogP contribution is 2.15. The number of hydrogen-bond acceptors (Lipinski definition) is 3. The predicted octanol–water partition coefficient (Wildman–Crippen LogP) is 2.02. The summed E-state index contributed by atoms with van der Waals surface area (Å²) in [6.07, 6.45) is -4.29. The Morgan fingerprint density at radius 3 is 2.60 bits per heavy atom. The van der Waals surface area contributed by atoms with E-state index >= 15 is 0 Å². The van der Waals surface area contributed by atoms with Crippen LogP contribution in [0.25, 0.3) is 0 Å². The van der Waals surface area contributed by atoms with E-state index in [1.54, 1.807) is 6.92 Å². The molecule has 0 aromatic heterocycles. The molecule has 3 nitrogen and oxygen atoms in total. The highest BCUT2D eigenvalue weighted by atomic mass is 32.2. The number of carboxylic acid groups (broad SMARTS) is 1. The minimum absolute atomic E-state index is 0.0173. The summed E-state index contributed by atoms with van der Waals surface area (Å²) in [5.41, 5.74) is 0. The molecule has 0 aliphatic carbocycles. The maximum Gasteiger partial charge on any atom is 0.411 e. The van der Waals surface area contributed by atoms with E-state index in [1.807, 2.05) is 0 Å². The van der Waals surface area contributed by atoms with Crippen molar-refractivity contribution in [2.45, 2.75) is 13.1 Å². The van der Waals surface area contributed by atoms with Crippen LogP contribution in [0.15, 0.2) is 0 Å². The van der Waals surface area contributed by atoms with E-state index in [9.17, 15) is 18.0 Å². The molecule has 0 fully saturated rings. The van der Waals surface area contributed by atoms with E-state index in [1.165, 1.54) is 11.8 Å². The van der Waals surface area contributed by atoms with Gasteiger partial charge in [-0.25, -0.2) is 0 Å². The summed E-state index contributed by atoms with van der Waals surface area (Å²) in [6, 6.07) is 0. The molecule has 0 saturated heterocycles. The summed E-state index contributed by atoms with van der Waals surface area (Å²) in [5, 5.41) is 8.50. The average Bonchev–Trinajstić information content (AvgIpc) is 2.08. The Balaban J connectivity index is 3.29. The molecule has 0 aromatic rings. The quantitative estimate of drug-likeness (QED) is 0.698. The van der Waals surface area contributed by atoms with Crippen molar-refractivity contribution in [1.82, 2.24) is 0 Å². The van der Waals surface area contributed by atoms with Crippen molar-refractivity contribution in [3.63, 3.8) is 0 Å². The van der Waals surface area contributed by atoms with Crippen LogP contribution in [0.4, 0.5) is 13.2 Å². The maximum atomic E-state index is 11.6. The van der Waals surface area contributed by atoms with E-state index < -0.39 is 24.7 Å². The van der Waals surface area contributed by atoms with Gasteiger partial charge in [-0.1, -0.05) is 6.92 Å². The zero-order chi connectivity index (χ0) is 11.9. The van der Waals surface area contributed by atoms with Gasteiger partial charge in [0.2, 0.25) is 0 Å². The number of hydrogen-bond donors (Lipinski definition) is 1. The molecule has 0 saturated carbocycles. The minimum atomic E-state index is -4.29. The molecule has 1 unspecified atom stereocenters. The van der Waals surface area contributed by atoms with Crippen molar-refractivity contribution >= 4 is 17.7 Å². The van der Waals surface area contributed by atoms with Crippen LogP contribution in [0.2, 0.25) is 0 Å². The molecule has 0 amide bonds. The number of carboxylic acids is 1.